The number of aromatic nitrogens is 3. The lowest BCUT2D eigenvalue weighted by molar-refractivity contribution is 0.216. The van der Waals surface area contributed by atoms with Gasteiger partial charge < -0.3 is 9.63 Å². The van der Waals surface area contributed by atoms with Crippen LogP contribution in [0.2, 0.25) is 0 Å². The van der Waals surface area contributed by atoms with Crippen LogP contribution >= 0.6 is 0 Å². The molecule has 1 unspecified atom stereocenters. The van der Waals surface area contributed by atoms with Crippen LogP contribution in [-0.4, -0.2) is 20.5 Å². The Morgan fingerprint density at radius 2 is 1.88 bits per heavy atom. The number of aromatic amines is 1. The Bertz CT molecular complexity index is 983. The van der Waals surface area contributed by atoms with Crippen molar-refractivity contribution in [3.63, 3.8) is 0 Å². The summed E-state index contributed by atoms with van der Waals surface area (Å²) in [4.78, 5) is 0. The molecule has 2 aromatic carbocycles. The van der Waals surface area contributed by atoms with Gasteiger partial charge in [-0.15, -0.1) is 0 Å². The molecule has 120 valence electrons. The van der Waals surface area contributed by atoms with Crippen LogP contribution in [0, 0.1) is 13.8 Å². The van der Waals surface area contributed by atoms with Crippen molar-refractivity contribution in [2.75, 3.05) is 0 Å². The van der Waals surface area contributed by atoms with E-state index in [1.54, 1.807) is 0 Å². The Labute approximate surface area is 138 Å². The molecule has 0 amide bonds. The third kappa shape index (κ3) is 2.30. The number of fused-ring (bicyclic) bond motifs is 1. The molecule has 2 N–H and O–H groups in total. The lowest BCUT2D eigenvalue weighted by Crippen LogP contribution is -2.00. The molecule has 2 aromatic heterocycles. The van der Waals surface area contributed by atoms with Gasteiger partial charge in [0.1, 0.15) is 17.6 Å². The van der Waals surface area contributed by atoms with Crippen LogP contribution in [0.1, 0.15) is 28.8 Å². The molecule has 0 aliphatic carbocycles. The summed E-state index contributed by atoms with van der Waals surface area (Å²) < 4.78 is 5.27. The first-order valence-corrected chi connectivity index (χ1v) is 7.79. The maximum Gasteiger partial charge on any atom is 0.141 e. The van der Waals surface area contributed by atoms with Crippen molar-refractivity contribution in [3.05, 3.63) is 71.2 Å². The van der Waals surface area contributed by atoms with Gasteiger partial charge >= 0.3 is 0 Å². The van der Waals surface area contributed by atoms with Gasteiger partial charge in [0.15, 0.2) is 0 Å². The van der Waals surface area contributed by atoms with Crippen LogP contribution in [0.3, 0.4) is 0 Å². The minimum Gasteiger partial charge on any atom is -0.382 e. The highest BCUT2D eigenvalue weighted by molar-refractivity contribution is 5.87. The first-order valence-electron chi connectivity index (χ1n) is 7.79. The van der Waals surface area contributed by atoms with Gasteiger partial charge in [-0.05, 0) is 37.1 Å². The molecule has 24 heavy (non-hydrogen) atoms. The molecule has 5 nitrogen and oxygen atoms in total. The zero-order valence-corrected chi connectivity index (χ0v) is 13.4. The Morgan fingerprint density at radius 3 is 2.58 bits per heavy atom. The second-order valence-corrected chi connectivity index (χ2v) is 5.88. The van der Waals surface area contributed by atoms with Gasteiger partial charge in [-0.3, -0.25) is 5.10 Å². The zero-order chi connectivity index (χ0) is 16.7. The summed E-state index contributed by atoms with van der Waals surface area (Å²) >= 11 is 0. The Balaban J connectivity index is 1.85. The normalized spacial score (nSPS) is 12.6. The molecule has 0 fully saturated rings. The smallest absolute Gasteiger partial charge is 0.141 e. The summed E-state index contributed by atoms with van der Waals surface area (Å²) in [5.41, 5.74) is 5.15. The van der Waals surface area contributed by atoms with Gasteiger partial charge in [-0.2, -0.15) is 5.10 Å². The molecule has 4 aromatic rings. The van der Waals surface area contributed by atoms with E-state index in [2.05, 4.69) is 15.4 Å². The first-order chi connectivity index (χ1) is 11.6. The number of rotatable bonds is 3. The molecule has 0 radical (unpaired) electrons. The molecule has 5 heteroatoms. The summed E-state index contributed by atoms with van der Waals surface area (Å²) in [6, 6.07) is 15.5. The van der Waals surface area contributed by atoms with Crippen molar-refractivity contribution in [3.8, 4) is 11.1 Å². The lowest BCUT2D eigenvalue weighted by atomic mass is 9.99. The highest BCUT2D eigenvalue weighted by Gasteiger charge is 2.19. The largest absolute Gasteiger partial charge is 0.382 e. The minimum absolute atomic E-state index is 0.616. The predicted octanol–water partition coefficient (Wildman–Crippen LogP) is 3.92. The van der Waals surface area contributed by atoms with Crippen molar-refractivity contribution < 1.29 is 9.63 Å². The fraction of sp³-hybridized carbons (Fsp3) is 0.158. The molecule has 2 heterocycles. The molecule has 0 aliphatic rings. The van der Waals surface area contributed by atoms with E-state index in [4.69, 9.17) is 4.52 Å². The van der Waals surface area contributed by atoms with E-state index in [0.717, 1.165) is 39.0 Å². The quantitative estimate of drug-likeness (QED) is 0.600. The molecular formula is C19H17N3O2. The summed E-state index contributed by atoms with van der Waals surface area (Å²) in [5.74, 6) is 0.778. The Hall–Kier alpha value is -2.92. The van der Waals surface area contributed by atoms with E-state index in [1.165, 1.54) is 0 Å². The monoisotopic (exact) mass is 319 g/mol. The van der Waals surface area contributed by atoms with Crippen molar-refractivity contribution >= 4 is 10.9 Å². The molecule has 0 aliphatic heterocycles. The van der Waals surface area contributed by atoms with E-state index in [-0.39, 0.29) is 0 Å². The minimum atomic E-state index is -0.778. The van der Waals surface area contributed by atoms with Gasteiger partial charge in [0.25, 0.3) is 0 Å². The number of benzene rings is 2. The van der Waals surface area contributed by atoms with E-state index in [1.807, 2.05) is 62.4 Å². The van der Waals surface area contributed by atoms with Crippen molar-refractivity contribution in [1.29, 1.82) is 0 Å². The SMILES string of the molecule is Cc1noc(C)c1-c1ccc2[nH]nc(C(O)c3ccccc3)c2c1. The van der Waals surface area contributed by atoms with Crippen LogP contribution in [0.4, 0.5) is 0 Å². The molecular weight excluding hydrogens is 302 g/mol. The molecule has 0 saturated carbocycles. The first kappa shape index (κ1) is 14.7. The summed E-state index contributed by atoms with van der Waals surface area (Å²) in [5, 5.41) is 22.9. The third-order valence-electron chi connectivity index (χ3n) is 4.29. The fourth-order valence-electron chi connectivity index (χ4n) is 3.09. The number of hydrogen-bond acceptors (Lipinski definition) is 4. The van der Waals surface area contributed by atoms with Crippen LogP contribution in [0.25, 0.3) is 22.0 Å². The third-order valence-corrected chi connectivity index (χ3v) is 4.29. The maximum atomic E-state index is 10.7. The van der Waals surface area contributed by atoms with Gasteiger partial charge in [0, 0.05) is 10.9 Å². The number of nitrogens with zero attached hydrogens (tertiary/aromatic N) is 2. The highest BCUT2D eigenvalue weighted by atomic mass is 16.5. The molecule has 1 atom stereocenters. The number of aliphatic hydroxyl groups excluding tert-OH is 1. The van der Waals surface area contributed by atoms with E-state index in [0.29, 0.717) is 5.69 Å². The van der Waals surface area contributed by atoms with Gasteiger partial charge in [-0.25, -0.2) is 0 Å². The van der Waals surface area contributed by atoms with Crippen LogP contribution in [-0.2, 0) is 0 Å². The van der Waals surface area contributed by atoms with E-state index < -0.39 is 6.10 Å². The van der Waals surface area contributed by atoms with Gasteiger partial charge in [0.05, 0.1) is 11.2 Å². The zero-order valence-electron chi connectivity index (χ0n) is 13.4. The topological polar surface area (TPSA) is 74.9 Å². The number of nitrogens with one attached hydrogen (secondary N) is 1. The summed E-state index contributed by atoms with van der Waals surface area (Å²) in [6.07, 6.45) is -0.778. The van der Waals surface area contributed by atoms with Gasteiger partial charge in [-0.1, -0.05) is 41.6 Å². The molecule has 0 bridgehead atoms. The van der Waals surface area contributed by atoms with E-state index in [9.17, 15) is 5.11 Å². The van der Waals surface area contributed by atoms with Gasteiger partial charge in [0.2, 0.25) is 0 Å². The predicted molar refractivity (Wildman–Crippen MR) is 91.6 cm³/mol. The van der Waals surface area contributed by atoms with E-state index >= 15 is 0 Å². The molecule has 4 rings (SSSR count). The fourth-order valence-corrected chi connectivity index (χ4v) is 3.09. The Morgan fingerprint density at radius 1 is 1.08 bits per heavy atom. The van der Waals surface area contributed by atoms with Crippen molar-refractivity contribution in [2.24, 2.45) is 0 Å². The maximum absolute atomic E-state index is 10.7. The van der Waals surface area contributed by atoms with Crippen LogP contribution in [0.5, 0.6) is 0 Å². The summed E-state index contributed by atoms with van der Waals surface area (Å²) in [7, 11) is 0. The number of aryl methyl sites for hydroxylation is 2. The summed E-state index contributed by atoms with van der Waals surface area (Å²) in [6.45, 7) is 3.82. The second kappa shape index (κ2) is 5.62. The van der Waals surface area contributed by atoms with Crippen LogP contribution in [0.15, 0.2) is 53.1 Å². The average Bonchev–Trinajstić information content (AvgIpc) is 3.17. The molecule has 0 saturated heterocycles. The van der Waals surface area contributed by atoms with Crippen molar-refractivity contribution in [2.45, 2.75) is 20.0 Å². The number of aliphatic hydroxyl groups is 1. The highest BCUT2D eigenvalue weighted by Crippen LogP contribution is 2.32. The molecule has 0 spiro atoms. The second-order valence-electron chi connectivity index (χ2n) is 5.88. The number of H-pyrrole nitrogens is 1. The lowest BCUT2D eigenvalue weighted by Gasteiger charge is -2.09. The standard InChI is InChI=1S/C19H17N3O2/c1-11-17(12(2)24-22-11)14-8-9-16-15(10-14)18(21-20-16)19(23)13-6-4-3-5-7-13/h3-10,19,23H,1-2H3,(H,20,21). The van der Waals surface area contributed by atoms with Crippen molar-refractivity contribution in [1.82, 2.24) is 15.4 Å². The Kier molecular flexibility index (Phi) is 3.43. The van der Waals surface area contributed by atoms with Crippen LogP contribution < -0.4 is 0 Å². The number of hydrogen-bond donors (Lipinski definition) is 2. The average molecular weight is 319 g/mol.